The average molecular weight is 251 g/mol. The van der Waals surface area contributed by atoms with Crippen LogP contribution in [-0.2, 0) is 4.79 Å². The summed E-state index contributed by atoms with van der Waals surface area (Å²) in [6.45, 7) is 4.00. The second-order valence-electron chi connectivity index (χ2n) is 4.51. The fourth-order valence-corrected chi connectivity index (χ4v) is 1.43. The Morgan fingerprint density at radius 3 is 2.47 bits per heavy atom. The Morgan fingerprint density at radius 1 is 1.35 bits per heavy atom. The molecule has 1 amide bonds. The summed E-state index contributed by atoms with van der Waals surface area (Å²) in [5, 5.41) is 3.15. The summed E-state index contributed by atoms with van der Waals surface area (Å²) < 4.78 is 0. The topological polar surface area (TPSA) is 81.1 Å². The molecule has 5 heteroatoms. The Bertz CT molecular complexity index is 443. The van der Waals surface area contributed by atoms with Crippen LogP contribution in [0.1, 0.15) is 19.4 Å². The van der Waals surface area contributed by atoms with Crippen LogP contribution in [0.5, 0.6) is 0 Å². The van der Waals surface area contributed by atoms with Gasteiger partial charge in [0.15, 0.2) is 0 Å². The number of rotatable bonds is 5. The average Bonchev–Trinajstić information content (AvgIpc) is 2.26. The van der Waals surface area contributed by atoms with Crippen LogP contribution in [0.4, 0.5) is 5.69 Å². The van der Waals surface area contributed by atoms with E-state index >= 15 is 0 Å². The normalized spacial score (nSPS) is 10.9. The van der Waals surface area contributed by atoms with E-state index < -0.39 is 5.41 Å². The smallest absolute Gasteiger partial charge is 0.224 e. The van der Waals surface area contributed by atoms with Crippen LogP contribution < -0.4 is 16.8 Å². The number of hydrogen-bond donors (Lipinski definition) is 3. The molecular weight excluding hydrogens is 234 g/mol. The molecule has 0 heterocycles. The van der Waals surface area contributed by atoms with Gasteiger partial charge in [0.05, 0.1) is 5.41 Å². The van der Waals surface area contributed by atoms with Crippen LogP contribution in [0.25, 0.3) is 0 Å². The molecule has 0 bridgehead atoms. The molecule has 0 aromatic heterocycles. The highest BCUT2D eigenvalue weighted by Gasteiger charge is 2.24. The highest BCUT2D eigenvalue weighted by molar-refractivity contribution is 7.80. The summed E-state index contributed by atoms with van der Waals surface area (Å²) >= 11 is 4.95. The van der Waals surface area contributed by atoms with Crippen molar-refractivity contribution in [3.05, 3.63) is 29.8 Å². The van der Waals surface area contributed by atoms with Crippen molar-refractivity contribution in [3.63, 3.8) is 0 Å². The van der Waals surface area contributed by atoms with Crippen molar-refractivity contribution in [1.29, 1.82) is 0 Å². The minimum atomic E-state index is -0.622. The summed E-state index contributed by atoms with van der Waals surface area (Å²) in [4.78, 5) is 11.5. The minimum Gasteiger partial charge on any atom is -0.389 e. The maximum absolute atomic E-state index is 11.2. The zero-order chi connectivity index (χ0) is 13.1. The number of carbonyl (C=O) groups is 1. The van der Waals surface area contributed by atoms with Gasteiger partial charge in [0, 0.05) is 17.8 Å². The monoisotopic (exact) mass is 251 g/mol. The Hall–Kier alpha value is -1.62. The van der Waals surface area contributed by atoms with Gasteiger partial charge in [-0.3, -0.25) is 4.79 Å². The number of nitrogens with one attached hydrogen (secondary N) is 1. The Kier molecular flexibility index (Phi) is 4.07. The first-order chi connectivity index (χ1) is 7.84. The highest BCUT2D eigenvalue weighted by atomic mass is 32.1. The summed E-state index contributed by atoms with van der Waals surface area (Å²) in [7, 11) is 0. The van der Waals surface area contributed by atoms with E-state index in [0.717, 1.165) is 11.3 Å². The van der Waals surface area contributed by atoms with Crippen LogP contribution in [0.2, 0.25) is 0 Å². The zero-order valence-corrected chi connectivity index (χ0v) is 10.8. The second-order valence-corrected chi connectivity index (χ2v) is 4.95. The van der Waals surface area contributed by atoms with Gasteiger partial charge in [-0.15, -0.1) is 0 Å². The fourth-order valence-electron chi connectivity index (χ4n) is 1.26. The minimum absolute atomic E-state index is 0.324. The van der Waals surface area contributed by atoms with E-state index in [2.05, 4.69) is 5.32 Å². The van der Waals surface area contributed by atoms with Crippen LogP contribution in [0.3, 0.4) is 0 Å². The van der Waals surface area contributed by atoms with Gasteiger partial charge in [-0.1, -0.05) is 24.4 Å². The molecule has 0 aliphatic rings. The molecule has 1 rings (SSSR count). The van der Waals surface area contributed by atoms with Crippen molar-refractivity contribution in [3.8, 4) is 0 Å². The third-order valence-corrected chi connectivity index (χ3v) is 2.80. The fraction of sp³-hybridized carbons (Fsp3) is 0.333. The number of primary amides is 1. The van der Waals surface area contributed by atoms with Crippen molar-refractivity contribution in [2.75, 3.05) is 11.9 Å². The van der Waals surface area contributed by atoms with Crippen LogP contribution in [0, 0.1) is 5.41 Å². The van der Waals surface area contributed by atoms with Gasteiger partial charge in [-0.05, 0) is 26.0 Å². The Labute approximate surface area is 106 Å². The molecule has 0 saturated carbocycles. The quantitative estimate of drug-likeness (QED) is 0.688. The van der Waals surface area contributed by atoms with Gasteiger partial charge in [-0.2, -0.15) is 0 Å². The maximum Gasteiger partial charge on any atom is 0.224 e. The second kappa shape index (κ2) is 5.14. The van der Waals surface area contributed by atoms with Gasteiger partial charge >= 0.3 is 0 Å². The lowest BCUT2D eigenvalue weighted by Crippen LogP contribution is -2.37. The molecule has 0 aliphatic heterocycles. The van der Waals surface area contributed by atoms with Crippen LogP contribution in [-0.4, -0.2) is 17.4 Å². The predicted molar refractivity (Wildman–Crippen MR) is 73.8 cm³/mol. The maximum atomic E-state index is 11.2. The molecule has 0 unspecified atom stereocenters. The Morgan fingerprint density at radius 2 is 1.94 bits per heavy atom. The molecule has 1 aromatic carbocycles. The van der Waals surface area contributed by atoms with E-state index in [1.54, 1.807) is 13.8 Å². The molecule has 17 heavy (non-hydrogen) atoms. The zero-order valence-electron chi connectivity index (χ0n) is 9.99. The van der Waals surface area contributed by atoms with Gasteiger partial charge < -0.3 is 16.8 Å². The standard InChI is InChI=1S/C12H17N3OS/c1-12(2,11(14)16)7-15-9-6-4-3-5-8(9)10(13)17/h3-6,15H,7H2,1-2H3,(H2,13,17)(H2,14,16). The molecule has 0 spiro atoms. The Balaban J connectivity index is 2.83. The van der Waals surface area contributed by atoms with Crippen molar-refractivity contribution in [2.45, 2.75) is 13.8 Å². The van der Waals surface area contributed by atoms with Gasteiger partial charge in [0.25, 0.3) is 0 Å². The van der Waals surface area contributed by atoms with Crippen LogP contribution >= 0.6 is 12.2 Å². The molecule has 0 saturated heterocycles. The first-order valence-electron chi connectivity index (χ1n) is 5.27. The number of thiocarbonyl (C=S) groups is 1. The highest BCUT2D eigenvalue weighted by Crippen LogP contribution is 2.19. The van der Waals surface area contributed by atoms with Crippen LogP contribution in [0.15, 0.2) is 24.3 Å². The lowest BCUT2D eigenvalue weighted by Gasteiger charge is -2.22. The summed E-state index contributed by atoms with van der Waals surface area (Å²) in [6.07, 6.45) is 0. The largest absolute Gasteiger partial charge is 0.389 e. The van der Waals surface area contributed by atoms with Crippen molar-refractivity contribution in [2.24, 2.45) is 16.9 Å². The SMILES string of the molecule is CC(C)(CNc1ccccc1C(N)=S)C(N)=O. The molecular formula is C12H17N3OS. The summed E-state index contributed by atoms with van der Waals surface area (Å²) in [6, 6.07) is 7.44. The van der Waals surface area contributed by atoms with E-state index in [-0.39, 0.29) is 5.91 Å². The van der Waals surface area contributed by atoms with E-state index in [1.807, 2.05) is 24.3 Å². The summed E-state index contributed by atoms with van der Waals surface area (Å²) in [5.74, 6) is -0.349. The molecule has 5 N–H and O–H groups in total. The summed E-state index contributed by atoms with van der Waals surface area (Å²) in [5.41, 5.74) is 11.9. The van der Waals surface area contributed by atoms with E-state index in [9.17, 15) is 4.79 Å². The molecule has 0 atom stereocenters. The van der Waals surface area contributed by atoms with E-state index in [0.29, 0.717) is 11.5 Å². The molecule has 0 radical (unpaired) electrons. The number of para-hydroxylation sites is 1. The van der Waals surface area contributed by atoms with Crippen molar-refractivity contribution in [1.82, 2.24) is 0 Å². The number of benzene rings is 1. The third-order valence-electron chi connectivity index (χ3n) is 2.58. The number of anilines is 1. The molecule has 4 nitrogen and oxygen atoms in total. The van der Waals surface area contributed by atoms with Gasteiger partial charge in [0.1, 0.15) is 4.99 Å². The van der Waals surface area contributed by atoms with Crippen molar-refractivity contribution < 1.29 is 4.79 Å². The number of carbonyl (C=O) groups excluding carboxylic acids is 1. The van der Waals surface area contributed by atoms with Gasteiger partial charge in [0.2, 0.25) is 5.91 Å². The molecule has 92 valence electrons. The number of hydrogen-bond acceptors (Lipinski definition) is 3. The number of amides is 1. The predicted octanol–water partition coefficient (Wildman–Crippen LogP) is 1.24. The first kappa shape index (κ1) is 13.4. The van der Waals surface area contributed by atoms with E-state index in [1.165, 1.54) is 0 Å². The molecule has 0 fully saturated rings. The lowest BCUT2D eigenvalue weighted by molar-refractivity contribution is -0.125. The molecule has 1 aromatic rings. The first-order valence-corrected chi connectivity index (χ1v) is 5.68. The van der Waals surface area contributed by atoms with Gasteiger partial charge in [-0.25, -0.2) is 0 Å². The van der Waals surface area contributed by atoms with Crippen molar-refractivity contribution >= 4 is 28.8 Å². The third kappa shape index (κ3) is 3.42. The number of nitrogens with two attached hydrogens (primary N) is 2. The molecule has 0 aliphatic carbocycles. The lowest BCUT2D eigenvalue weighted by atomic mass is 9.92. The van der Waals surface area contributed by atoms with E-state index in [4.69, 9.17) is 23.7 Å².